The number of hydrogen-bond donors (Lipinski definition) is 0. The van der Waals surface area contributed by atoms with E-state index < -0.39 is 0 Å². The molecule has 5 heteroatoms. The standard InChI is InChI=1S/C11H6BrCl2IS/c12-11(6-3-10(15)16-5-6)8-4-7(13)1-2-9(8)14/h1-5,11H. The molecule has 0 fully saturated rings. The van der Waals surface area contributed by atoms with Crippen molar-refractivity contribution < 1.29 is 0 Å². The van der Waals surface area contributed by atoms with E-state index in [4.69, 9.17) is 23.2 Å². The molecule has 0 saturated carbocycles. The number of alkyl halides is 1. The van der Waals surface area contributed by atoms with Crippen molar-refractivity contribution in [1.82, 2.24) is 0 Å². The second-order valence-corrected chi connectivity index (χ2v) is 7.78. The van der Waals surface area contributed by atoms with Gasteiger partial charge in [-0.3, -0.25) is 0 Å². The van der Waals surface area contributed by atoms with Gasteiger partial charge in [0.25, 0.3) is 0 Å². The highest BCUT2D eigenvalue weighted by Crippen LogP contribution is 2.38. The van der Waals surface area contributed by atoms with E-state index in [2.05, 4.69) is 50.0 Å². The third-order valence-electron chi connectivity index (χ3n) is 2.11. The molecule has 2 aromatic rings. The first-order valence-corrected chi connectivity index (χ1v) is 8.04. The van der Waals surface area contributed by atoms with Gasteiger partial charge in [-0.15, -0.1) is 11.3 Å². The zero-order chi connectivity index (χ0) is 11.7. The van der Waals surface area contributed by atoms with Gasteiger partial charge in [0.15, 0.2) is 0 Å². The summed E-state index contributed by atoms with van der Waals surface area (Å²) in [6.45, 7) is 0. The molecule has 0 nitrogen and oxygen atoms in total. The van der Waals surface area contributed by atoms with E-state index in [1.54, 1.807) is 17.4 Å². The molecule has 1 unspecified atom stereocenters. The fourth-order valence-corrected chi connectivity index (χ4v) is 4.10. The van der Waals surface area contributed by atoms with Gasteiger partial charge in [0.1, 0.15) is 0 Å². The molecule has 0 aliphatic heterocycles. The second kappa shape index (κ2) is 5.57. The van der Waals surface area contributed by atoms with Gasteiger partial charge in [0, 0.05) is 10.0 Å². The summed E-state index contributed by atoms with van der Waals surface area (Å²) < 4.78 is 1.26. The summed E-state index contributed by atoms with van der Waals surface area (Å²) in [5, 5.41) is 3.56. The number of thiophene rings is 1. The lowest BCUT2D eigenvalue weighted by Gasteiger charge is -2.10. The second-order valence-electron chi connectivity index (χ2n) is 3.21. The van der Waals surface area contributed by atoms with Crippen LogP contribution in [0.5, 0.6) is 0 Å². The Labute approximate surface area is 130 Å². The Morgan fingerprint density at radius 3 is 2.62 bits per heavy atom. The van der Waals surface area contributed by atoms with Crippen molar-refractivity contribution in [2.75, 3.05) is 0 Å². The maximum absolute atomic E-state index is 6.16. The Hall–Kier alpha value is 0.710. The summed E-state index contributed by atoms with van der Waals surface area (Å²) in [7, 11) is 0. The van der Waals surface area contributed by atoms with Crippen LogP contribution in [0.25, 0.3) is 0 Å². The number of benzene rings is 1. The van der Waals surface area contributed by atoms with Crippen molar-refractivity contribution in [2.24, 2.45) is 0 Å². The molecule has 0 bridgehead atoms. The molecular formula is C11H6BrCl2IS. The predicted molar refractivity (Wildman–Crippen MR) is 84.3 cm³/mol. The van der Waals surface area contributed by atoms with Crippen LogP contribution in [0.2, 0.25) is 10.0 Å². The van der Waals surface area contributed by atoms with Crippen molar-refractivity contribution in [1.29, 1.82) is 0 Å². The lowest BCUT2D eigenvalue weighted by Crippen LogP contribution is -1.91. The van der Waals surface area contributed by atoms with Crippen LogP contribution in [-0.4, -0.2) is 0 Å². The van der Waals surface area contributed by atoms with E-state index in [1.807, 2.05) is 12.1 Å². The predicted octanol–water partition coefficient (Wildman–Crippen LogP) is 6.14. The molecule has 0 radical (unpaired) electrons. The van der Waals surface area contributed by atoms with Gasteiger partial charge in [0.2, 0.25) is 0 Å². The van der Waals surface area contributed by atoms with E-state index >= 15 is 0 Å². The summed E-state index contributed by atoms with van der Waals surface area (Å²) >= 11 is 19.8. The fraction of sp³-hybridized carbons (Fsp3) is 0.0909. The van der Waals surface area contributed by atoms with E-state index in [-0.39, 0.29) is 4.83 Å². The molecule has 1 aromatic carbocycles. The van der Waals surface area contributed by atoms with Gasteiger partial charge in [-0.05, 0) is 63.4 Å². The molecule has 0 N–H and O–H groups in total. The highest BCUT2D eigenvalue weighted by Gasteiger charge is 2.15. The average Bonchev–Trinajstić information content (AvgIpc) is 2.67. The molecule has 2 rings (SSSR count). The van der Waals surface area contributed by atoms with Crippen LogP contribution >= 0.6 is 73.1 Å². The normalized spacial score (nSPS) is 12.8. The molecule has 0 aliphatic rings. The molecule has 16 heavy (non-hydrogen) atoms. The highest BCUT2D eigenvalue weighted by molar-refractivity contribution is 14.1. The largest absolute Gasteiger partial charge is 0.137 e. The molecule has 1 atom stereocenters. The zero-order valence-electron chi connectivity index (χ0n) is 7.88. The van der Waals surface area contributed by atoms with Crippen LogP contribution in [0.1, 0.15) is 16.0 Å². The maximum Gasteiger partial charge on any atom is 0.0668 e. The van der Waals surface area contributed by atoms with Gasteiger partial charge < -0.3 is 0 Å². The van der Waals surface area contributed by atoms with E-state index in [9.17, 15) is 0 Å². The summed E-state index contributed by atoms with van der Waals surface area (Å²) in [5.41, 5.74) is 2.21. The molecule has 0 spiro atoms. The third-order valence-corrected chi connectivity index (χ3v) is 5.52. The van der Waals surface area contributed by atoms with Crippen LogP contribution in [-0.2, 0) is 0 Å². The quantitative estimate of drug-likeness (QED) is 0.383. The van der Waals surface area contributed by atoms with Crippen molar-refractivity contribution in [2.45, 2.75) is 4.83 Å². The molecule has 1 aromatic heterocycles. The fourth-order valence-electron chi connectivity index (χ4n) is 1.34. The summed E-state index contributed by atoms with van der Waals surface area (Å²) in [6, 6.07) is 7.66. The van der Waals surface area contributed by atoms with E-state index in [0.717, 1.165) is 10.6 Å². The Kier molecular flexibility index (Phi) is 4.58. The van der Waals surface area contributed by atoms with Crippen LogP contribution < -0.4 is 0 Å². The number of rotatable bonds is 2. The molecule has 0 saturated heterocycles. The van der Waals surface area contributed by atoms with Gasteiger partial charge in [-0.25, -0.2) is 0 Å². The number of halogens is 4. The van der Waals surface area contributed by atoms with Crippen LogP contribution in [0.3, 0.4) is 0 Å². The minimum absolute atomic E-state index is 0.0958. The van der Waals surface area contributed by atoms with Crippen LogP contribution in [0.15, 0.2) is 29.6 Å². The van der Waals surface area contributed by atoms with Crippen molar-refractivity contribution in [3.05, 3.63) is 53.7 Å². The topological polar surface area (TPSA) is 0 Å². The molecular weight excluding hydrogens is 442 g/mol. The zero-order valence-corrected chi connectivity index (χ0v) is 14.0. The minimum atomic E-state index is 0.0958. The van der Waals surface area contributed by atoms with Crippen molar-refractivity contribution >= 4 is 73.1 Å². The Morgan fingerprint density at radius 2 is 2.00 bits per heavy atom. The first-order valence-electron chi connectivity index (χ1n) is 4.41. The van der Waals surface area contributed by atoms with Gasteiger partial charge in [-0.2, -0.15) is 0 Å². The SMILES string of the molecule is Clc1ccc(Cl)c(C(Br)c2csc(I)c2)c1. The van der Waals surface area contributed by atoms with Gasteiger partial charge in [0.05, 0.1) is 7.71 Å². The smallest absolute Gasteiger partial charge is 0.0668 e. The van der Waals surface area contributed by atoms with E-state index in [0.29, 0.717) is 5.02 Å². The summed E-state index contributed by atoms with van der Waals surface area (Å²) in [4.78, 5) is 0.0958. The molecule has 1 heterocycles. The van der Waals surface area contributed by atoms with Gasteiger partial charge >= 0.3 is 0 Å². The molecule has 84 valence electrons. The van der Waals surface area contributed by atoms with Crippen molar-refractivity contribution in [3.63, 3.8) is 0 Å². The molecule has 0 aliphatic carbocycles. The Balaban J connectivity index is 2.40. The summed E-state index contributed by atoms with van der Waals surface area (Å²) in [5.74, 6) is 0. The lowest BCUT2D eigenvalue weighted by atomic mass is 10.1. The number of hydrogen-bond acceptors (Lipinski definition) is 1. The summed E-state index contributed by atoms with van der Waals surface area (Å²) in [6.07, 6.45) is 0. The van der Waals surface area contributed by atoms with Crippen molar-refractivity contribution in [3.8, 4) is 0 Å². The van der Waals surface area contributed by atoms with Gasteiger partial charge in [-0.1, -0.05) is 39.1 Å². The van der Waals surface area contributed by atoms with Crippen LogP contribution in [0.4, 0.5) is 0 Å². The first kappa shape index (κ1) is 13.1. The Morgan fingerprint density at radius 1 is 1.25 bits per heavy atom. The van der Waals surface area contributed by atoms with Crippen LogP contribution in [0, 0.1) is 2.88 Å². The Bertz CT molecular complexity index is 512. The highest BCUT2D eigenvalue weighted by atomic mass is 127. The average molecular weight is 448 g/mol. The third kappa shape index (κ3) is 2.93. The lowest BCUT2D eigenvalue weighted by molar-refractivity contribution is 1.19. The molecule has 0 amide bonds. The monoisotopic (exact) mass is 446 g/mol. The first-order chi connectivity index (χ1) is 7.58. The van der Waals surface area contributed by atoms with E-state index in [1.165, 1.54) is 8.45 Å². The maximum atomic E-state index is 6.16. The minimum Gasteiger partial charge on any atom is -0.137 e.